The molecule has 3 atom stereocenters. The molecule has 3 rings (SSSR count). The highest BCUT2D eigenvalue weighted by molar-refractivity contribution is 5.45. The maximum absolute atomic E-state index is 3.86. The molecule has 21 heavy (non-hydrogen) atoms. The summed E-state index contributed by atoms with van der Waals surface area (Å²) >= 11 is 0. The number of hydrogen-bond donors (Lipinski definition) is 1. The summed E-state index contributed by atoms with van der Waals surface area (Å²) in [6, 6.07) is 9.61. The van der Waals surface area contributed by atoms with Crippen LogP contribution in [0, 0.1) is 16.7 Å². The lowest BCUT2D eigenvalue weighted by Gasteiger charge is -2.39. The first-order valence-corrected chi connectivity index (χ1v) is 8.34. The highest BCUT2D eigenvalue weighted by Crippen LogP contribution is 2.65. The fourth-order valence-electron chi connectivity index (χ4n) is 4.67. The third-order valence-electron chi connectivity index (χ3n) is 6.80. The Morgan fingerprint density at radius 2 is 1.81 bits per heavy atom. The van der Waals surface area contributed by atoms with Crippen LogP contribution in [-0.2, 0) is 6.54 Å². The second-order valence-corrected chi connectivity index (χ2v) is 8.10. The minimum atomic E-state index is 0.473. The van der Waals surface area contributed by atoms with Gasteiger partial charge in [-0.2, -0.15) is 0 Å². The Hall–Kier alpha value is -1.02. The van der Waals surface area contributed by atoms with Crippen molar-refractivity contribution in [3.63, 3.8) is 0 Å². The quantitative estimate of drug-likeness (QED) is 0.898. The molecule has 2 aliphatic rings. The lowest BCUT2D eigenvalue weighted by molar-refractivity contribution is 0.120. The molecule has 3 unspecified atom stereocenters. The maximum Gasteiger partial charge on any atom is 0.0361 e. The van der Waals surface area contributed by atoms with Crippen molar-refractivity contribution in [3.05, 3.63) is 29.8 Å². The molecule has 1 N–H and O–H groups in total. The van der Waals surface area contributed by atoms with Crippen molar-refractivity contribution in [2.45, 2.75) is 52.6 Å². The van der Waals surface area contributed by atoms with E-state index in [1.54, 1.807) is 0 Å². The first-order valence-electron chi connectivity index (χ1n) is 8.34. The highest BCUT2D eigenvalue weighted by atomic mass is 15.1. The summed E-state index contributed by atoms with van der Waals surface area (Å²) in [6.45, 7) is 8.47. The third kappa shape index (κ3) is 2.28. The van der Waals surface area contributed by atoms with Gasteiger partial charge in [0.05, 0.1) is 0 Å². The molecule has 2 aliphatic carbocycles. The molecule has 0 radical (unpaired) electrons. The topological polar surface area (TPSA) is 15.3 Å². The van der Waals surface area contributed by atoms with Crippen molar-refractivity contribution in [1.29, 1.82) is 0 Å². The van der Waals surface area contributed by atoms with Crippen LogP contribution in [0.25, 0.3) is 0 Å². The summed E-state index contributed by atoms with van der Waals surface area (Å²) in [5.74, 6) is 0.913. The fraction of sp³-hybridized carbons (Fsp3) is 0.684. The van der Waals surface area contributed by atoms with Gasteiger partial charge in [0.1, 0.15) is 0 Å². The van der Waals surface area contributed by atoms with E-state index in [0.717, 1.165) is 12.5 Å². The van der Waals surface area contributed by atoms with E-state index in [2.05, 4.69) is 69.3 Å². The normalized spacial score (nSPS) is 33.4. The Morgan fingerprint density at radius 1 is 1.14 bits per heavy atom. The molecule has 2 bridgehead atoms. The molecule has 1 aromatic rings. The molecule has 0 aliphatic heterocycles. The fourth-order valence-corrected chi connectivity index (χ4v) is 4.67. The number of benzene rings is 1. The molecule has 0 spiro atoms. The first kappa shape index (κ1) is 14.9. The van der Waals surface area contributed by atoms with Crippen LogP contribution in [0.3, 0.4) is 0 Å². The SMILES string of the molecule is CN(C)c1ccc(CNC2CC3CCC2(C)C3(C)C)cc1. The van der Waals surface area contributed by atoms with Gasteiger partial charge >= 0.3 is 0 Å². The van der Waals surface area contributed by atoms with E-state index in [4.69, 9.17) is 0 Å². The van der Waals surface area contributed by atoms with E-state index in [0.29, 0.717) is 16.9 Å². The second-order valence-electron chi connectivity index (χ2n) is 8.10. The average Bonchev–Trinajstić information content (AvgIpc) is 2.78. The van der Waals surface area contributed by atoms with Gasteiger partial charge in [0.15, 0.2) is 0 Å². The zero-order chi connectivity index (χ0) is 15.3. The number of nitrogens with zero attached hydrogens (tertiary/aromatic N) is 1. The minimum absolute atomic E-state index is 0.473. The zero-order valence-corrected chi connectivity index (χ0v) is 14.2. The van der Waals surface area contributed by atoms with E-state index in [9.17, 15) is 0 Å². The maximum atomic E-state index is 3.86. The van der Waals surface area contributed by atoms with Gasteiger partial charge in [0.25, 0.3) is 0 Å². The van der Waals surface area contributed by atoms with Gasteiger partial charge in [0, 0.05) is 32.4 Å². The van der Waals surface area contributed by atoms with Gasteiger partial charge in [-0.05, 0) is 53.7 Å². The molecule has 0 heterocycles. The molecule has 2 fully saturated rings. The first-order chi connectivity index (χ1) is 9.84. The number of anilines is 1. The zero-order valence-electron chi connectivity index (χ0n) is 14.2. The average molecular weight is 286 g/mol. The lowest BCUT2D eigenvalue weighted by Crippen LogP contribution is -2.44. The van der Waals surface area contributed by atoms with Crippen LogP contribution < -0.4 is 10.2 Å². The molecule has 2 saturated carbocycles. The molecule has 1 aromatic carbocycles. The summed E-state index contributed by atoms with van der Waals surface area (Å²) in [4.78, 5) is 2.15. The van der Waals surface area contributed by atoms with E-state index < -0.39 is 0 Å². The molecular weight excluding hydrogens is 256 g/mol. The Bertz CT molecular complexity index is 503. The van der Waals surface area contributed by atoms with Crippen LogP contribution in [0.4, 0.5) is 5.69 Å². The van der Waals surface area contributed by atoms with Crippen LogP contribution in [0.1, 0.15) is 45.6 Å². The van der Waals surface area contributed by atoms with Crippen molar-refractivity contribution in [2.24, 2.45) is 16.7 Å². The predicted octanol–water partition coefficient (Wildman–Crippen LogP) is 4.06. The van der Waals surface area contributed by atoms with E-state index in [1.807, 2.05) is 0 Å². The molecule has 0 saturated heterocycles. The van der Waals surface area contributed by atoms with Crippen molar-refractivity contribution in [3.8, 4) is 0 Å². The van der Waals surface area contributed by atoms with Crippen molar-refractivity contribution >= 4 is 5.69 Å². The monoisotopic (exact) mass is 286 g/mol. The smallest absolute Gasteiger partial charge is 0.0361 e. The summed E-state index contributed by atoms with van der Waals surface area (Å²) in [5, 5.41) is 3.86. The van der Waals surface area contributed by atoms with Gasteiger partial charge in [0.2, 0.25) is 0 Å². The highest BCUT2D eigenvalue weighted by Gasteiger charge is 2.60. The van der Waals surface area contributed by atoms with E-state index >= 15 is 0 Å². The number of fused-ring (bicyclic) bond motifs is 2. The molecule has 0 aromatic heterocycles. The minimum Gasteiger partial charge on any atom is -0.378 e. The van der Waals surface area contributed by atoms with E-state index in [1.165, 1.54) is 30.5 Å². The van der Waals surface area contributed by atoms with Gasteiger partial charge < -0.3 is 10.2 Å². The van der Waals surface area contributed by atoms with Crippen LogP contribution >= 0.6 is 0 Å². The summed E-state index contributed by atoms with van der Waals surface area (Å²) in [6.07, 6.45) is 4.18. The number of hydrogen-bond acceptors (Lipinski definition) is 2. The Kier molecular flexibility index (Phi) is 3.56. The van der Waals surface area contributed by atoms with Gasteiger partial charge in [-0.1, -0.05) is 32.9 Å². The van der Waals surface area contributed by atoms with Crippen molar-refractivity contribution in [2.75, 3.05) is 19.0 Å². The number of nitrogens with one attached hydrogen (secondary N) is 1. The van der Waals surface area contributed by atoms with Crippen LogP contribution in [-0.4, -0.2) is 20.1 Å². The largest absolute Gasteiger partial charge is 0.378 e. The van der Waals surface area contributed by atoms with Crippen molar-refractivity contribution in [1.82, 2.24) is 5.32 Å². The van der Waals surface area contributed by atoms with Crippen LogP contribution in [0.15, 0.2) is 24.3 Å². The Morgan fingerprint density at radius 3 is 2.29 bits per heavy atom. The number of rotatable bonds is 4. The lowest BCUT2D eigenvalue weighted by atomic mass is 9.69. The summed E-state index contributed by atoms with van der Waals surface area (Å²) in [5.41, 5.74) is 3.64. The Balaban J connectivity index is 1.64. The van der Waals surface area contributed by atoms with E-state index in [-0.39, 0.29) is 0 Å². The van der Waals surface area contributed by atoms with Crippen LogP contribution in [0.5, 0.6) is 0 Å². The van der Waals surface area contributed by atoms with Crippen LogP contribution in [0.2, 0.25) is 0 Å². The van der Waals surface area contributed by atoms with Gasteiger partial charge in [-0.15, -0.1) is 0 Å². The molecule has 116 valence electrons. The summed E-state index contributed by atoms with van der Waals surface area (Å²) < 4.78 is 0. The van der Waals surface area contributed by atoms with Gasteiger partial charge in [-0.3, -0.25) is 0 Å². The van der Waals surface area contributed by atoms with Crippen molar-refractivity contribution < 1.29 is 0 Å². The third-order valence-corrected chi connectivity index (χ3v) is 6.80. The second kappa shape index (κ2) is 5.01. The molecule has 0 amide bonds. The van der Waals surface area contributed by atoms with Gasteiger partial charge in [-0.25, -0.2) is 0 Å². The Labute approximate surface area is 129 Å². The summed E-state index contributed by atoms with van der Waals surface area (Å²) in [7, 11) is 4.18. The molecule has 2 nitrogen and oxygen atoms in total. The molecular formula is C19H30N2. The molecule has 2 heteroatoms. The standard InChI is InChI=1S/C19H30N2/c1-18(2)15-10-11-19(18,3)17(12-15)20-13-14-6-8-16(9-7-14)21(4)5/h6-9,15,17,20H,10-13H2,1-5H3. The predicted molar refractivity (Wildman–Crippen MR) is 90.6 cm³/mol.